The predicted molar refractivity (Wildman–Crippen MR) is 142 cm³/mol. The van der Waals surface area contributed by atoms with Crippen molar-refractivity contribution in [1.29, 1.82) is 0 Å². The summed E-state index contributed by atoms with van der Waals surface area (Å²) in [5.74, 6) is 1.43. The highest BCUT2D eigenvalue weighted by Crippen LogP contribution is 2.40. The second kappa shape index (κ2) is 10.9. The van der Waals surface area contributed by atoms with Crippen LogP contribution in [0, 0.1) is 0 Å². The van der Waals surface area contributed by atoms with Crippen LogP contribution in [0.5, 0.6) is 11.6 Å². The van der Waals surface area contributed by atoms with Gasteiger partial charge in [-0.25, -0.2) is 0 Å². The first kappa shape index (κ1) is 26.7. The van der Waals surface area contributed by atoms with Gasteiger partial charge in [0.1, 0.15) is 11.9 Å². The minimum atomic E-state index is -0.229. The van der Waals surface area contributed by atoms with E-state index < -0.39 is 0 Å². The summed E-state index contributed by atoms with van der Waals surface area (Å²) < 4.78 is 20.4. The van der Waals surface area contributed by atoms with Crippen LogP contribution in [0.1, 0.15) is 63.4 Å². The first-order valence-corrected chi connectivity index (χ1v) is 13.0. The number of aromatic nitrogens is 4. The van der Waals surface area contributed by atoms with Gasteiger partial charge in [0.15, 0.2) is 12.3 Å². The SMILES string of the molecule is CCC(CC)Oc1ccc2n[n+](CC(=O)c3cc(N4CCOCC4)c(OC)c(C(C)(C)C)c3)c(N)n2n1. The molecule has 37 heavy (non-hydrogen) atoms. The minimum Gasteiger partial charge on any atom is -0.494 e. The molecule has 1 aliphatic heterocycles. The monoisotopic (exact) mass is 511 g/mol. The number of anilines is 2. The predicted octanol–water partition coefficient (Wildman–Crippen LogP) is 3.19. The Morgan fingerprint density at radius 1 is 1.19 bits per heavy atom. The summed E-state index contributed by atoms with van der Waals surface area (Å²) in [6, 6.07) is 7.41. The fourth-order valence-electron chi connectivity index (χ4n) is 4.55. The molecule has 3 heterocycles. The molecule has 0 saturated carbocycles. The van der Waals surface area contributed by atoms with E-state index in [4.69, 9.17) is 19.9 Å². The third-order valence-corrected chi connectivity index (χ3v) is 6.74. The first-order chi connectivity index (χ1) is 17.7. The molecule has 10 nitrogen and oxygen atoms in total. The van der Waals surface area contributed by atoms with E-state index in [1.54, 1.807) is 19.2 Å². The molecule has 0 bridgehead atoms. The highest BCUT2D eigenvalue weighted by atomic mass is 16.5. The Labute approximate surface area is 218 Å². The first-order valence-electron chi connectivity index (χ1n) is 13.0. The van der Waals surface area contributed by atoms with E-state index in [-0.39, 0.29) is 29.8 Å². The average molecular weight is 512 g/mol. The van der Waals surface area contributed by atoms with E-state index in [1.165, 1.54) is 9.20 Å². The van der Waals surface area contributed by atoms with E-state index in [0.29, 0.717) is 30.3 Å². The number of morpholine rings is 1. The van der Waals surface area contributed by atoms with E-state index in [1.807, 2.05) is 12.1 Å². The maximum Gasteiger partial charge on any atom is 0.401 e. The molecule has 2 aromatic heterocycles. The smallest absolute Gasteiger partial charge is 0.401 e. The van der Waals surface area contributed by atoms with Gasteiger partial charge >= 0.3 is 5.95 Å². The summed E-state index contributed by atoms with van der Waals surface area (Å²) in [6.07, 6.45) is 1.85. The van der Waals surface area contributed by atoms with E-state index >= 15 is 0 Å². The second-order valence-corrected chi connectivity index (χ2v) is 10.4. The molecule has 2 N–H and O–H groups in total. The van der Waals surface area contributed by atoms with Gasteiger partial charge in [0.25, 0.3) is 5.65 Å². The van der Waals surface area contributed by atoms with Crippen molar-refractivity contribution >= 4 is 23.1 Å². The number of hydrogen-bond acceptors (Lipinski definition) is 8. The van der Waals surface area contributed by atoms with Crippen LogP contribution >= 0.6 is 0 Å². The minimum absolute atomic E-state index is 0.0175. The molecule has 0 aliphatic carbocycles. The Bertz CT molecular complexity index is 1260. The lowest BCUT2D eigenvalue weighted by Gasteiger charge is -2.33. The van der Waals surface area contributed by atoms with Crippen LogP contribution in [-0.2, 0) is 16.7 Å². The number of hydrogen-bond donors (Lipinski definition) is 1. The molecule has 1 fully saturated rings. The van der Waals surface area contributed by atoms with Crippen molar-refractivity contribution in [2.24, 2.45) is 0 Å². The zero-order valence-corrected chi connectivity index (χ0v) is 22.8. The van der Waals surface area contributed by atoms with Gasteiger partial charge in [-0.05, 0) is 30.4 Å². The number of nitrogens with two attached hydrogens (primary N) is 1. The number of Topliss-reactive ketones (excluding diaryl/α,β-unsaturated/α-hetero) is 1. The van der Waals surface area contributed by atoms with Crippen molar-refractivity contribution in [2.45, 2.75) is 65.5 Å². The lowest BCUT2D eigenvalue weighted by atomic mass is 9.84. The lowest BCUT2D eigenvalue weighted by Crippen LogP contribution is -2.42. The molecule has 4 rings (SSSR count). The van der Waals surface area contributed by atoms with Gasteiger partial charge in [-0.15, -0.1) is 4.68 Å². The molecule has 0 spiro atoms. The van der Waals surface area contributed by atoms with E-state index in [9.17, 15) is 4.79 Å². The van der Waals surface area contributed by atoms with E-state index in [0.717, 1.165) is 42.9 Å². The number of methoxy groups -OCH3 is 1. The Hall–Kier alpha value is -3.40. The molecular weight excluding hydrogens is 472 g/mol. The summed E-state index contributed by atoms with van der Waals surface area (Å²) in [5.41, 5.74) is 9.15. The molecule has 0 atom stereocenters. The van der Waals surface area contributed by atoms with Gasteiger partial charge in [-0.3, -0.25) is 10.5 Å². The molecule has 0 unspecified atom stereocenters. The fraction of sp³-hybridized carbons (Fsp3) is 0.556. The van der Waals surface area contributed by atoms with Gasteiger partial charge in [0, 0.05) is 36.3 Å². The number of fused-ring (bicyclic) bond motifs is 1. The molecule has 1 aromatic carbocycles. The number of carbonyl (C=O) groups is 1. The number of ether oxygens (including phenoxy) is 3. The normalized spacial score (nSPS) is 14.4. The Morgan fingerprint density at radius 3 is 2.51 bits per heavy atom. The zero-order chi connectivity index (χ0) is 26.7. The van der Waals surface area contributed by atoms with Crippen LogP contribution in [0.2, 0.25) is 0 Å². The number of benzene rings is 1. The van der Waals surface area contributed by atoms with Crippen molar-refractivity contribution in [2.75, 3.05) is 44.0 Å². The molecule has 10 heteroatoms. The largest absolute Gasteiger partial charge is 0.494 e. The molecule has 0 amide bonds. The molecule has 1 saturated heterocycles. The van der Waals surface area contributed by atoms with Gasteiger partial charge in [0.2, 0.25) is 5.88 Å². The van der Waals surface area contributed by atoms with Crippen LogP contribution in [0.15, 0.2) is 24.3 Å². The number of rotatable bonds is 9. The molecule has 3 aromatic rings. The van der Waals surface area contributed by atoms with Crippen molar-refractivity contribution in [3.8, 4) is 11.6 Å². The quantitative estimate of drug-likeness (QED) is 0.345. The number of nitrogens with zero attached hydrogens (tertiary/aromatic N) is 5. The number of carbonyl (C=O) groups excluding carboxylic acids is 1. The van der Waals surface area contributed by atoms with Crippen molar-refractivity contribution < 1.29 is 23.7 Å². The Balaban J connectivity index is 1.68. The topological polar surface area (TPSA) is 108 Å². The van der Waals surface area contributed by atoms with E-state index in [2.05, 4.69) is 49.7 Å². The fourth-order valence-corrected chi connectivity index (χ4v) is 4.55. The molecule has 1 aliphatic rings. The molecule has 200 valence electrons. The third-order valence-electron chi connectivity index (χ3n) is 6.74. The Morgan fingerprint density at radius 2 is 1.89 bits per heavy atom. The summed E-state index contributed by atoms with van der Waals surface area (Å²) in [4.78, 5) is 15.8. The highest BCUT2D eigenvalue weighted by Gasteiger charge is 2.28. The van der Waals surface area contributed by atoms with Gasteiger partial charge in [0.05, 0.1) is 26.0 Å². The molecule has 0 radical (unpaired) electrons. The Kier molecular flexibility index (Phi) is 7.87. The summed E-state index contributed by atoms with van der Waals surface area (Å²) >= 11 is 0. The number of nitrogen functional groups attached to an aromatic ring is 1. The third kappa shape index (κ3) is 5.64. The zero-order valence-electron chi connectivity index (χ0n) is 22.8. The molecular formula is C27H39N6O4+. The van der Waals surface area contributed by atoms with Crippen LogP contribution in [0.4, 0.5) is 11.6 Å². The summed E-state index contributed by atoms with van der Waals surface area (Å²) in [6.45, 7) is 13.2. The maximum absolute atomic E-state index is 13.6. The lowest BCUT2D eigenvalue weighted by molar-refractivity contribution is -0.723. The van der Waals surface area contributed by atoms with Crippen LogP contribution in [0.25, 0.3) is 5.65 Å². The standard InChI is InChI=1S/C27H38N6O4/c1-7-19(8-2)37-24-10-9-23-29-32(26(28)33(23)30-24)17-22(34)18-15-20(27(3,4)5)25(35-6)21(16-18)31-11-13-36-14-12-31/h9-10,15-16,19,28H,7-8,11-14,17H2,1-6H3/p+1. The highest BCUT2D eigenvalue weighted by molar-refractivity contribution is 5.97. The summed E-state index contributed by atoms with van der Waals surface area (Å²) in [7, 11) is 1.68. The average Bonchev–Trinajstić information content (AvgIpc) is 3.20. The number of ketones is 1. The van der Waals surface area contributed by atoms with Crippen molar-refractivity contribution in [3.63, 3.8) is 0 Å². The van der Waals surface area contributed by atoms with Crippen LogP contribution < -0.4 is 24.8 Å². The van der Waals surface area contributed by atoms with Crippen LogP contribution in [-0.4, -0.2) is 60.0 Å². The van der Waals surface area contributed by atoms with Gasteiger partial charge in [-0.2, -0.15) is 0 Å². The van der Waals surface area contributed by atoms with Crippen molar-refractivity contribution in [1.82, 2.24) is 14.7 Å². The van der Waals surface area contributed by atoms with Crippen molar-refractivity contribution in [3.05, 3.63) is 35.4 Å². The summed E-state index contributed by atoms with van der Waals surface area (Å²) in [5, 5.41) is 9.01. The second-order valence-electron chi connectivity index (χ2n) is 10.4. The van der Waals surface area contributed by atoms with Crippen LogP contribution in [0.3, 0.4) is 0 Å². The van der Waals surface area contributed by atoms with Gasteiger partial charge < -0.3 is 19.1 Å². The van der Waals surface area contributed by atoms with Gasteiger partial charge in [-0.1, -0.05) is 49.3 Å². The maximum atomic E-state index is 13.6.